The highest BCUT2D eigenvalue weighted by molar-refractivity contribution is 6.30. The number of aliphatic hydroxyl groups is 1. The minimum atomic E-state index is -0.429. The van der Waals surface area contributed by atoms with Crippen molar-refractivity contribution in [3.05, 3.63) is 38.9 Å². The zero-order valence-electron chi connectivity index (χ0n) is 9.60. The summed E-state index contributed by atoms with van der Waals surface area (Å²) in [4.78, 5) is 12.4. The van der Waals surface area contributed by atoms with E-state index in [1.807, 2.05) is 11.9 Å². The largest absolute Gasteiger partial charge is 0.396 e. The van der Waals surface area contributed by atoms with Crippen molar-refractivity contribution in [2.24, 2.45) is 0 Å². The Hall–Kier alpha value is -1.17. The fraction of sp³-hybridized carbons (Fsp3) is 0.455. The van der Waals surface area contributed by atoms with Gasteiger partial charge in [-0.3, -0.25) is 10.1 Å². The van der Waals surface area contributed by atoms with Gasteiger partial charge in [0.2, 0.25) is 0 Å². The van der Waals surface area contributed by atoms with Crippen LogP contribution in [0.1, 0.15) is 12.0 Å². The molecule has 1 rings (SSSR count). The number of nitro benzene ring substituents is 1. The molecule has 0 aromatic heterocycles. The predicted octanol–water partition coefficient (Wildman–Crippen LogP) is 2.06. The van der Waals surface area contributed by atoms with Gasteiger partial charge in [-0.15, -0.1) is 0 Å². The van der Waals surface area contributed by atoms with Gasteiger partial charge >= 0.3 is 0 Å². The maximum Gasteiger partial charge on any atom is 0.275 e. The quantitative estimate of drug-likeness (QED) is 0.627. The normalized spacial score (nSPS) is 10.8. The number of benzene rings is 1. The molecule has 0 heterocycles. The molecule has 0 radical (unpaired) electrons. The molecule has 5 nitrogen and oxygen atoms in total. The van der Waals surface area contributed by atoms with E-state index in [0.717, 1.165) is 0 Å². The van der Waals surface area contributed by atoms with E-state index in [2.05, 4.69) is 0 Å². The van der Waals surface area contributed by atoms with E-state index >= 15 is 0 Å². The summed E-state index contributed by atoms with van der Waals surface area (Å²) in [6.45, 7) is 1.27. The molecule has 1 aromatic carbocycles. The summed E-state index contributed by atoms with van der Waals surface area (Å²) >= 11 is 5.73. The minimum Gasteiger partial charge on any atom is -0.396 e. The highest BCUT2D eigenvalue weighted by Gasteiger charge is 2.15. The molecule has 17 heavy (non-hydrogen) atoms. The van der Waals surface area contributed by atoms with Crippen LogP contribution in [0.3, 0.4) is 0 Å². The monoisotopic (exact) mass is 258 g/mol. The van der Waals surface area contributed by atoms with Crippen molar-refractivity contribution < 1.29 is 10.0 Å². The van der Waals surface area contributed by atoms with Gasteiger partial charge in [0.25, 0.3) is 5.69 Å². The zero-order chi connectivity index (χ0) is 12.8. The summed E-state index contributed by atoms with van der Waals surface area (Å²) in [7, 11) is 1.86. The van der Waals surface area contributed by atoms with Crippen LogP contribution in [0.5, 0.6) is 0 Å². The molecule has 0 bridgehead atoms. The van der Waals surface area contributed by atoms with Crippen LogP contribution in [0.25, 0.3) is 0 Å². The molecule has 94 valence electrons. The molecule has 0 unspecified atom stereocenters. The average molecular weight is 259 g/mol. The lowest BCUT2D eigenvalue weighted by Gasteiger charge is -2.15. The zero-order valence-corrected chi connectivity index (χ0v) is 10.4. The number of rotatable bonds is 6. The molecule has 0 atom stereocenters. The maximum atomic E-state index is 10.9. The van der Waals surface area contributed by atoms with Crippen LogP contribution < -0.4 is 0 Å². The Bertz CT molecular complexity index is 398. The second-order valence-corrected chi connectivity index (χ2v) is 4.28. The molecule has 1 N–H and O–H groups in total. The SMILES string of the molecule is CN(CCCO)Cc1ccc(Cl)cc1[N+](=O)[O-]. The Morgan fingerprint density at radius 3 is 2.82 bits per heavy atom. The summed E-state index contributed by atoms with van der Waals surface area (Å²) in [5.74, 6) is 0. The summed E-state index contributed by atoms with van der Waals surface area (Å²) in [6.07, 6.45) is 0.651. The number of halogens is 1. The predicted molar refractivity (Wildman–Crippen MR) is 66.1 cm³/mol. The summed E-state index contributed by atoms with van der Waals surface area (Å²) in [5, 5.41) is 19.9. The first kappa shape index (κ1) is 13.9. The van der Waals surface area contributed by atoms with Crippen molar-refractivity contribution in [3.8, 4) is 0 Å². The lowest BCUT2D eigenvalue weighted by Crippen LogP contribution is -2.20. The molecule has 0 spiro atoms. The molecule has 6 heteroatoms. The second-order valence-electron chi connectivity index (χ2n) is 3.85. The van der Waals surface area contributed by atoms with Crippen LogP contribution >= 0.6 is 11.6 Å². The van der Waals surface area contributed by atoms with E-state index in [4.69, 9.17) is 16.7 Å². The van der Waals surface area contributed by atoms with E-state index in [-0.39, 0.29) is 12.3 Å². The summed E-state index contributed by atoms with van der Waals surface area (Å²) in [5.41, 5.74) is 0.660. The average Bonchev–Trinajstić information content (AvgIpc) is 2.28. The molecular formula is C11H15ClN2O3. The second kappa shape index (κ2) is 6.54. The van der Waals surface area contributed by atoms with Crippen LogP contribution in [0.4, 0.5) is 5.69 Å². The van der Waals surface area contributed by atoms with Gasteiger partial charge in [0.05, 0.1) is 4.92 Å². The van der Waals surface area contributed by atoms with Gasteiger partial charge in [0.1, 0.15) is 0 Å². The van der Waals surface area contributed by atoms with E-state index in [1.54, 1.807) is 12.1 Å². The van der Waals surface area contributed by atoms with Crippen LogP contribution in [0.2, 0.25) is 5.02 Å². The first-order valence-electron chi connectivity index (χ1n) is 5.27. The Morgan fingerprint density at radius 1 is 1.53 bits per heavy atom. The fourth-order valence-electron chi connectivity index (χ4n) is 1.55. The highest BCUT2D eigenvalue weighted by atomic mass is 35.5. The van der Waals surface area contributed by atoms with Crippen LogP contribution in [0.15, 0.2) is 18.2 Å². The molecule has 0 fully saturated rings. The molecule has 0 aliphatic heterocycles. The van der Waals surface area contributed by atoms with E-state index < -0.39 is 4.92 Å². The Balaban J connectivity index is 2.79. The van der Waals surface area contributed by atoms with E-state index in [0.29, 0.717) is 30.1 Å². The van der Waals surface area contributed by atoms with Crippen LogP contribution in [-0.2, 0) is 6.54 Å². The Kier molecular flexibility index (Phi) is 5.34. The number of nitrogens with zero attached hydrogens (tertiary/aromatic N) is 2. The molecule has 0 amide bonds. The number of nitro groups is 1. The third-order valence-electron chi connectivity index (χ3n) is 2.38. The van der Waals surface area contributed by atoms with Crippen LogP contribution in [0, 0.1) is 10.1 Å². The fourth-order valence-corrected chi connectivity index (χ4v) is 1.72. The first-order chi connectivity index (χ1) is 8.04. The van der Waals surface area contributed by atoms with Gasteiger partial charge in [-0.2, -0.15) is 0 Å². The smallest absolute Gasteiger partial charge is 0.275 e. The number of aliphatic hydroxyl groups excluding tert-OH is 1. The maximum absolute atomic E-state index is 10.9. The van der Waals surface area contributed by atoms with Crippen molar-refractivity contribution in [3.63, 3.8) is 0 Å². The van der Waals surface area contributed by atoms with Gasteiger partial charge in [-0.25, -0.2) is 0 Å². The van der Waals surface area contributed by atoms with Crippen LogP contribution in [-0.4, -0.2) is 35.1 Å². The third-order valence-corrected chi connectivity index (χ3v) is 2.62. The van der Waals surface area contributed by atoms with Gasteiger partial charge in [0.15, 0.2) is 0 Å². The van der Waals surface area contributed by atoms with Gasteiger partial charge in [0, 0.05) is 36.3 Å². The number of hydrogen-bond acceptors (Lipinski definition) is 4. The topological polar surface area (TPSA) is 66.6 Å². The first-order valence-corrected chi connectivity index (χ1v) is 5.64. The van der Waals surface area contributed by atoms with E-state index in [1.165, 1.54) is 6.07 Å². The van der Waals surface area contributed by atoms with Crippen molar-refractivity contribution >= 4 is 17.3 Å². The lowest BCUT2D eigenvalue weighted by molar-refractivity contribution is -0.385. The standard InChI is InChI=1S/C11H15ClN2O3/c1-13(5-2-6-15)8-9-3-4-10(12)7-11(9)14(16)17/h3-4,7,15H,2,5-6,8H2,1H3. The summed E-state index contributed by atoms with van der Waals surface area (Å²) < 4.78 is 0. The van der Waals surface area contributed by atoms with Crippen molar-refractivity contribution in [2.75, 3.05) is 20.2 Å². The molecule has 0 aliphatic carbocycles. The van der Waals surface area contributed by atoms with E-state index in [9.17, 15) is 10.1 Å². The lowest BCUT2D eigenvalue weighted by atomic mass is 10.1. The highest BCUT2D eigenvalue weighted by Crippen LogP contribution is 2.24. The van der Waals surface area contributed by atoms with Gasteiger partial charge in [-0.05, 0) is 25.6 Å². The third kappa shape index (κ3) is 4.30. The molecule has 0 aliphatic rings. The molecule has 0 saturated heterocycles. The van der Waals surface area contributed by atoms with Crippen molar-refractivity contribution in [1.29, 1.82) is 0 Å². The number of hydrogen-bond donors (Lipinski definition) is 1. The van der Waals surface area contributed by atoms with Crippen molar-refractivity contribution in [2.45, 2.75) is 13.0 Å². The molecule has 1 aromatic rings. The Labute approximate surface area is 105 Å². The van der Waals surface area contributed by atoms with Crippen molar-refractivity contribution in [1.82, 2.24) is 4.90 Å². The molecular weight excluding hydrogens is 244 g/mol. The van der Waals surface area contributed by atoms with Gasteiger partial charge < -0.3 is 10.0 Å². The minimum absolute atomic E-state index is 0.0355. The summed E-state index contributed by atoms with van der Waals surface area (Å²) in [6, 6.07) is 4.66. The van der Waals surface area contributed by atoms with Gasteiger partial charge in [-0.1, -0.05) is 11.6 Å². The molecule has 0 saturated carbocycles. The Morgan fingerprint density at radius 2 is 2.24 bits per heavy atom.